The number of hydrogen-bond acceptors (Lipinski definition) is 3. The van der Waals surface area contributed by atoms with Crippen LogP contribution in [0.4, 0.5) is 0 Å². The van der Waals surface area contributed by atoms with E-state index in [0.717, 1.165) is 5.56 Å². The molecule has 0 atom stereocenters. The van der Waals surface area contributed by atoms with Gasteiger partial charge in [0.15, 0.2) is 0 Å². The van der Waals surface area contributed by atoms with Crippen molar-refractivity contribution in [2.75, 3.05) is 12.3 Å². The molecule has 1 aromatic carbocycles. The van der Waals surface area contributed by atoms with Gasteiger partial charge in [0.2, 0.25) is 10.0 Å². The Morgan fingerprint density at radius 3 is 2.61 bits per heavy atom. The second-order valence-electron chi connectivity index (χ2n) is 3.61. The van der Waals surface area contributed by atoms with E-state index in [4.69, 9.17) is 28.9 Å². The highest BCUT2D eigenvalue weighted by Crippen LogP contribution is 2.21. The summed E-state index contributed by atoms with van der Waals surface area (Å²) in [5.41, 5.74) is 6.00. The van der Waals surface area contributed by atoms with E-state index in [-0.39, 0.29) is 17.3 Å². The molecule has 0 heterocycles. The van der Waals surface area contributed by atoms with E-state index in [2.05, 4.69) is 16.9 Å². The van der Waals surface area contributed by atoms with Gasteiger partial charge >= 0.3 is 0 Å². The first kappa shape index (κ1) is 15.7. The highest BCUT2D eigenvalue weighted by atomic mass is 35.5. The Morgan fingerprint density at radius 2 is 2.06 bits per heavy atom. The summed E-state index contributed by atoms with van der Waals surface area (Å²) >= 11 is 16.3. The summed E-state index contributed by atoms with van der Waals surface area (Å²) in [7, 11) is -3.46. The Labute approximate surface area is 122 Å². The summed E-state index contributed by atoms with van der Waals surface area (Å²) in [6.45, 7) is 0.228. The van der Waals surface area contributed by atoms with Crippen molar-refractivity contribution in [1.29, 1.82) is 0 Å². The lowest BCUT2D eigenvalue weighted by Crippen LogP contribution is -2.33. The Kier molecular flexibility index (Phi) is 5.81. The van der Waals surface area contributed by atoms with E-state index in [0.29, 0.717) is 16.5 Å². The minimum Gasteiger partial charge on any atom is -0.392 e. The van der Waals surface area contributed by atoms with Crippen molar-refractivity contribution in [2.45, 2.75) is 6.42 Å². The molecule has 0 unspecified atom stereocenters. The molecule has 0 spiro atoms. The van der Waals surface area contributed by atoms with Crippen molar-refractivity contribution < 1.29 is 8.42 Å². The van der Waals surface area contributed by atoms with Crippen LogP contribution in [-0.4, -0.2) is 25.7 Å². The summed E-state index contributed by atoms with van der Waals surface area (Å²) in [6.07, 6.45) is 0.465. The molecule has 1 rings (SSSR count). The van der Waals surface area contributed by atoms with Gasteiger partial charge in [-0.25, -0.2) is 13.1 Å². The third-order valence-corrected chi connectivity index (χ3v) is 4.31. The Balaban J connectivity index is 2.54. The molecule has 0 aromatic heterocycles. The fourth-order valence-corrected chi connectivity index (χ4v) is 3.16. The largest absolute Gasteiger partial charge is 0.392 e. The highest BCUT2D eigenvalue weighted by Gasteiger charge is 2.11. The number of rotatable bonds is 6. The van der Waals surface area contributed by atoms with Gasteiger partial charge in [0.05, 0.1) is 4.99 Å². The van der Waals surface area contributed by atoms with Gasteiger partial charge in [-0.1, -0.05) is 41.5 Å². The van der Waals surface area contributed by atoms with Crippen molar-refractivity contribution >= 4 is 50.4 Å². The molecule has 0 aliphatic heterocycles. The van der Waals surface area contributed by atoms with Gasteiger partial charge in [0, 0.05) is 16.6 Å². The number of thiocarbonyl (C=S) groups is 1. The average molecular weight is 327 g/mol. The topological polar surface area (TPSA) is 72.2 Å². The lowest BCUT2D eigenvalue weighted by atomic mass is 10.1. The molecule has 0 saturated carbocycles. The van der Waals surface area contributed by atoms with Crippen LogP contribution in [0.15, 0.2) is 18.2 Å². The van der Waals surface area contributed by atoms with Gasteiger partial charge in [-0.05, 0) is 24.1 Å². The molecular formula is C10H12Cl2N2O2S2. The standard InChI is InChI=1S/C10H12Cl2N2O2S2/c11-8-2-1-7(9(12)5-8)3-4-14-18(15,16)6-10(13)17/h1-2,5,14H,3-4,6H2,(H2,13,17). The third kappa shape index (κ3) is 5.49. The normalized spacial score (nSPS) is 11.4. The van der Waals surface area contributed by atoms with E-state index in [1.807, 2.05) is 0 Å². The van der Waals surface area contributed by atoms with Crippen molar-refractivity contribution in [3.8, 4) is 0 Å². The zero-order valence-corrected chi connectivity index (χ0v) is 12.5. The lowest BCUT2D eigenvalue weighted by Gasteiger charge is -2.07. The van der Waals surface area contributed by atoms with E-state index in [1.54, 1.807) is 18.2 Å². The predicted molar refractivity (Wildman–Crippen MR) is 78.7 cm³/mol. The summed E-state index contributed by atoms with van der Waals surface area (Å²) in [5, 5.41) is 1.05. The lowest BCUT2D eigenvalue weighted by molar-refractivity contribution is 0.586. The first-order valence-corrected chi connectivity index (χ1v) is 7.81. The molecule has 0 bridgehead atoms. The fourth-order valence-electron chi connectivity index (χ4n) is 1.30. The summed E-state index contributed by atoms with van der Waals surface area (Å²) in [5.74, 6) is -0.351. The molecule has 18 heavy (non-hydrogen) atoms. The molecule has 0 saturated heterocycles. The molecule has 0 radical (unpaired) electrons. The molecule has 0 amide bonds. The predicted octanol–water partition coefficient (Wildman–Crippen LogP) is 1.74. The van der Waals surface area contributed by atoms with Gasteiger partial charge < -0.3 is 5.73 Å². The maximum atomic E-state index is 11.4. The molecule has 3 N–H and O–H groups in total. The highest BCUT2D eigenvalue weighted by molar-refractivity contribution is 7.92. The quantitative estimate of drug-likeness (QED) is 0.781. The Morgan fingerprint density at radius 1 is 1.39 bits per heavy atom. The van der Waals surface area contributed by atoms with Crippen LogP contribution in [0, 0.1) is 0 Å². The van der Waals surface area contributed by atoms with Crippen molar-refractivity contribution in [3.05, 3.63) is 33.8 Å². The van der Waals surface area contributed by atoms with Crippen LogP contribution in [-0.2, 0) is 16.4 Å². The van der Waals surface area contributed by atoms with Crippen LogP contribution in [0.3, 0.4) is 0 Å². The van der Waals surface area contributed by atoms with Crippen molar-refractivity contribution in [2.24, 2.45) is 5.73 Å². The minimum atomic E-state index is -3.46. The van der Waals surface area contributed by atoms with Crippen LogP contribution in [0.25, 0.3) is 0 Å². The van der Waals surface area contributed by atoms with Gasteiger partial charge in [-0.15, -0.1) is 0 Å². The summed E-state index contributed by atoms with van der Waals surface area (Å²) in [4.78, 5) is -0.0629. The Hall–Kier alpha value is -0.400. The van der Waals surface area contributed by atoms with E-state index in [9.17, 15) is 8.42 Å². The smallest absolute Gasteiger partial charge is 0.218 e. The first-order valence-electron chi connectivity index (χ1n) is 5.00. The zero-order valence-electron chi connectivity index (χ0n) is 9.32. The van der Waals surface area contributed by atoms with Crippen molar-refractivity contribution in [3.63, 3.8) is 0 Å². The van der Waals surface area contributed by atoms with Crippen LogP contribution >= 0.6 is 35.4 Å². The van der Waals surface area contributed by atoms with Gasteiger partial charge in [0.25, 0.3) is 0 Å². The maximum absolute atomic E-state index is 11.4. The number of nitrogens with two attached hydrogens (primary N) is 1. The molecule has 100 valence electrons. The van der Waals surface area contributed by atoms with Crippen LogP contribution in [0.5, 0.6) is 0 Å². The number of halogens is 2. The summed E-state index contributed by atoms with van der Waals surface area (Å²) < 4.78 is 25.3. The average Bonchev–Trinajstić information content (AvgIpc) is 2.19. The Bertz CT molecular complexity index is 547. The molecule has 0 fully saturated rings. The maximum Gasteiger partial charge on any atom is 0.218 e. The van der Waals surface area contributed by atoms with E-state index in [1.165, 1.54) is 0 Å². The second-order valence-corrected chi connectivity index (χ2v) is 6.78. The van der Waals surface area contributed by atoms with Crippen LogP contribution in [0.2, 0.25) is 10.0 Å². The number of nitrogens with one attached hydrogen (secondary N) is 1. The fraction of sp³-hybridized carbons (Fsp3) is 0.300. The number of benzene rings is 1. The van der Waals surface area contributed by atoms with Gasteiger partial charge in [-0.3, -0.25) is 0 Å². The zero-order chi connectivity index (χ0) is 13.8. The monoisotopic (exact) mass is 326 g/mol. The van der Waals surface area contributed by atoms with Crippen molar-refractivity contribution in [1.82, 2.24) is 4.72 Å². The van der Waals surface area contributed by atoms with Gasteiger partial charge in [0.1, 0.15) is 5.75 Å². The molecule has 4 nitrogen and oxygen atoms in total. The molecule has 0 aliphatic carbocycles. The molecular weight excluding hydrogens is 315 g/mol. The van der Waals surface area contributed by atoms with Gasteiger partial charge in [-0.2, -0.15) is 0 Å². The SMILES string of the molecule is NC(=S)CS(=O)(=O)NCCc1ccc(Cl)cc1Cl. The second kappa shape index (κ2) is 6.68. The molecule has 0 aliphatic rings. The molecule has 1 aromatic rings. The minimum absolute atomic E-state index is 0.0629. The van der Waals surface area contributed by atoms with Crippen LogP contribution in [0.1, 0.15) is 5.56 Å². The number of sulfonamides is 1. The molecule has 8 heteroatoms. The van der Waals surface area contributed by atoms with E-state index >= 15 is 0 Å². The van der Waals surface area contributed by atoms with E-state index < -0.39 is 10.0 Å². The third-order valence-electron chi connectivity index (χ3n) is 2.06. The number of hydrogen-bond donors (Lipinski definition) is 2. The first-order chi connectivity index (χ1) is 8.30. The van der Waals surface area contributed by atoms with Crippen LogP contribution < -0.4 is 10.5 Å². The summed E-state index contributed by atoms with van der Waals surface area (Å²) in [6, 6.07) is 5.07.